The number of halogens is 2. The van der Waals surface area contributed by atoms with E-state index in [4.69, 9.17) is 5.11 Å². The van der Waals surface area contributed by atoms with Gasteiger partial charge in [0.05, 0.1) is 22.4 Å². The zero-order chi connectivity index (χ0) is 20.4. The largest absolute Gasteiger partial charge is 0.465 e. The smallest absolute Gasteiger partial charge is 0.405 e. The van der Waals surface area contributed by atoms with Gasteiger partial charge in [-0.1, -0.05) is 19.9 Å². The molecule has 1 aromatic carbocycles. The molecular weight excluding hydrogens is 431 g/mol. The number of carboxylic acid groups (broad SMARTS) is 1. The number of H-pyrrole nitrogens is 1. The fourth-order valence-electron chi connectivity index (χ4n) is 3.46. The fraction of sp³-hybridized carbons (Fsp3) is 0.421. The first kappa shape index (κ1) is 20.3. The lowest BCUT2D eigenvalue weighted by atomic mass is 10.0. The van der Waals surface area contributed by atoms with Gasteiger partial charge in [0.1, 0.15) is 17.7 Å². The van der Waals surface area contributed by atoms with Gasteiger partial charge in [0.15, 0.2) is 0 Å². The molecule has 1 aliphatic heterocycles. The van der Waals surface area contributed by atoms with Crippen molar-refractivity contribution >= 4 is 27.9 Å². The Morgan fingerprint density at radius 1 is 1.43 bits per heavy atom. The highest BCUT2D eigenvalue weighted by atomic mass is 79.9. The molecule has 0 radical (unpaired) electrons. The van der Waals surface area contributed by atoms with E-state index in [1.165, 1.54) is 6.07 Å². The van der Waals surface area contributed by atoms with Crippen molar-refractivity contribution in [3.05, 3.63) is 40.5 Å². The topological polar surface area (TPSA) is 98.3 Å². The molecule has 2 aromatic rings. The minimum absolute atomic E-state index is 0.178. The quantitative estimate of drug-likeness (QED) is 0.639. The molecule has 3 N–H and O–H groups in total. The second-order valence-corrected chi connectivity index (χ2v) is 8.03. The van der Waals surface area contributed by atoms with Crippen LogP contribution in [0.4, 0.5) is 9.18 Å². The Hall–Kier alpha value is -2.42. The lowest BCUT2D eigenvalue weighted by Crippen LogP contribution is -2.50. The highest BCUT2D eigenvalue weighted by Crippen LogP contribution is 2.33. The third-order valence-electron chi connectivity index (χ3n) is 4.89. The summed E-state index contributed by atoms with van der Waals surface area (Å²) in [5.41, 5.74) is 1.31. The van der Waals surface area contributed by atoms with Crippen LogP contribution >= 0.6 is 15.9 Å². The summed E-state index contributed by atoms with van der Waals surface area (Å²) >= 11 is 3.13. The molecule has 3 rings (SSSR count). The van der Waals surface area contributed by atoms with Gasteiger partial charge in [-0.05, 0) is 46.8 Å². The Balaban J connectivity index is 1.83. The number of hydrogen-bond acceptors (Lipinski definition) is 3. The van der Waals surface area contributed by atoms with Crippen LogP contribution in [0.1, 0.15) is 38.6 Å². The van der Waals surface area contributed by atoms with Crippen LogP contribution in [-0.4, -0.2) is 44.6 Å². The zero-order valence-electron chi connectivity index (χ0n) is 15.6. The van der Waals surface area contributed by atoms with E-state index in [2.05, 4.69) is 31.2 Å². The number of benzene rings is 1. The maximum Gasteiger partial charge on any atom is 0.405 e. The molecule has 0 bridgehead atoms. The van der Waals surface area contributed by atoms with Crippen LogP contribution < -0.4 is 5.32 Å². The second kappa shape index (κ2) is 8.30. The minimum atomic E-state index is -1.22. The highest BCUT2D eigenvalue weighted by Gasteiger charge is 2.37. The van der Waals surface area contributed by atoms with Crippen molar-refractivity contribution in [2.24, 2.45) is 5.92 Å². The number of rotatable bonds is 5. The Kier molecular flexibility index (Phi) is 6.02. The first-order valence-corrected chi connectivity index (χ1v) is 9.87. The molecule has 2 atom stereocenters. The number of aromatic nitrogens is 2. The number of aromatic amines is 1. The number of amides is 2. The van der Waals surface area contributed by atoms with Crippen LogP contribution in [0, 0.1) is 11.7 Å². The molecular formula is C19H22BrFN4O3. The monoisotopic (exact) mass is 452 g/mol. The van der Waals surface area contributed by atoms with Gasteiger partial charge in [0.2, 0.25) is 5.91 Å². The molecule has 28 heavy (non-hydrogen) atoms. The van der Waals surface area contributed by atoms with Gasteiger partial charge in [0, 0.05) is 12.1 Å². The molecule has 1 saturated heterocycles. The van der Waals surface area contributed by atoms with Gasteiger partial charge >= 0.3 is 6.09 Å². The van der Waals surface area contributed by atoms with Gasteiger partial charge in [0.25, 0.3) is 0 Å². The van der Waals surface area contributed by atoms with E-state index < -0.39 is 12.1 Å². The fourth-order valence-corrected chi connectivity index (χ4v) is 3.70. The molecule has 1 fully saturated rings. The number of nitrogens with zero attached hydrogens (tertiary/aromatic N) is 2. The number of hydrogen-bond donors (Lipinski definition) is 3. The molecule has 2 amide bonds. The number of carbonyl (C=O) groups excluding carboxylic acids is 1. The number of imidazole rings is 1. The van der Waals surface area contributed by atoms with Crippen molar-refractivity contribution in [1.29, 1.82) is 0 Å². The van der Waals surface area contributed by atoms with E-state index in [1.54, 1.807) is 37.1 Å². The molecule has 1 aliphatic rings. The predicted octanol–water partition coefficient (Wildman–Crippen LogP) is 3.93. The predicted molar refractivity (Wildman–Crippen MR) is 105 cm³/mol. The van der Waals surface area contributed by atoms with Crippen molar-refractivity contribution in [1.82, 2.24) is 20.2 Å². The van der Waals surface area contributed by atoms with E-state index in [9.17, 15) is 14.0 Å². The lowest BCUT2D eigenvalue weighted by molar-refractivity contribution is -0.135. The number of likely N-dealkylation sites (tertiary alicyclic amines) is 1. The van der Waals surface area contributed by atoms with Crippen molar-refractivity contribution in [3.63, 3.8) is 0 Å². The Labute approximate surface area is 170 Å². The number of nitrogens with one attached hydrogen (secondary N) is 2. The average Bonchev–Trinajstić information content (AvgIpc) is 3.29. The first-order chi connectivity index (χ1) is 13.3. The SMILES string of the molecule is CC(C)[C@H](NC(=O)O)C(=O)N1CCC[C@H]1c1ncc(-c2ccc(Br)c(F)c2)[nH]1. The lowest BCUT2D eigenvalue weighted by Gasteiger charge is -2.29. The Morgan fingerprint density at radius 3 is 2.82 bits per heavy atom. The van der Waals surface area contributed by atoms with Crippen LogP contribution in [0.5, 0.6) is 0 Å². The van der Waals surface area contributed by atoms with Crippen molar-refractivity contribution in [2.75, 3.05) is 6.54 Å². The van der Waals surface area contributed by atoms with E-state index in [0.717, 1.165) is 12.8 Å². The van der Waals surface area contributed by atoms with Crippen LogP contribution in [0.15, 0.2) is 28.9 Å². The third kappa shape index (κ3) is 4.19. The van der Waals surface area contributed by atoms with E-state index in [0.29, 0.717) is 28.1 Å². The van der Waals surface area contributed by atoms with Gasteiger partial charge in [-0.3, -0.25) is 4.79 Å². The molecule has 1 aromatic heterocycles. The van der Waals surface area contributed by atoms with Crippen LogP contribution in [-0.2, 0) is 4.79 Å². The standard InChI is InChI=1S/C19H22BrFN4O3/c1-10(2)16(24-19(27)28)18(26)25-7-3-4-15(25)17-22-9-14(23-17)11-5-6-12(20)13(21)8-11/h5-6,8-10,15-16,24H,3-4,7H2,1-2H3,(H,22,23)(H,27,28)/t15-,16-/m0/s1. The summed E-state index contributed by atoms with van der Waals surface area (Å²) in [4.78, 5) is 33.3. The molecule has 0 saturated carbocycles. The maximum atomic E-state index is 13.8. The molecule has 9 heteroatoms. The van der Waals surface area contributed by atoms with Gasteiger partial charge < -0.3 is 20.3 Å². The van der Waals surface area contributed by atoms with Crippen molar-refractivity contribution in [2.45, 2.75) is 38.8 Å². The summed E-state index contributed by atoms with van der Waals surface area (Å²) in [5, 5.41) is 11.4. The second-order valence-electron chi connectivity index (χ2n) is 7.17. The summed E-state index contributed by atoms with van der Waals surface area (Å²) in [7, 11) is 0. The zero-order valence-corrected chi connectivity index (χ0v) is 17.2. The minimum Gasteiger partial charge on any atom is -0.465 e. The van der Waals surface area contributed by atoms with Gasteiger partial charge in [-0.15, -0.1) is 0 Å². The van der Waals surface area contributed by atoms with E-state index in [-0.39, 0.29) is 23.7 Å². The Morgan fingerprint density at radius 2 is 2.18 bits per heavy atom. The van der Waals surface area contributed by atoms with Gasteiger partial charge in [-0.2, -0.15) is 0 Å². The normalized spacial score (nSPS) is 17.8. The summed E-state index contributed by atoms with van der Waals surface area (Å²) in [5.74, 6) is -0.192. The Bertz CT molecular complexity index is 886. The molecule has 150 valence electrons. The molecule has 0 unspecified atom stereocenters. The van der Waals surface area contributed by atoms with Crippen molar-refractivity contribution < 1.29 is 19.1 Å². The summed E-state index contributed by atoms with van der Waals surface area (Å²) in [6, 6.07) is 3.73. The van der Waals surface area contributed by atoms with Gasteiger partial charge in [-0.25, -0.2) is 14.2 Å². The van der Waals surface area contributed by atoms with Crippen LogP contribution in [0.25, 0.3) is 11.3 Å². The highest BCUT2D eigenvalue weighted by molar-refractivity contribution is 9.10. The maximum absolute atomic E-state index is 13.8. The van der Waals surface area contributed by atoms with E-state index in [1.807, 2.05) is 0 Å². The molecule has 2 heterocycles. The molecule has 0 aliphatic carbocycles. The third-order valence-corrected chi connectivity index (χ3v) is 5.53. The summed E-state index contributed by atoms with van der Waals surface area (Å²) < 4.78 is 14.2. The van der Waals surface area contributed by atoms with Crippen LogP contribution in [0.3, 0.4) is 0 Å². The number of carbonyl (C=O) groups is 2. The molecule has 7 nitrogen and oxygen atoms in total. The molecule has 0 spiro atoms. The van der Waals surface area contributed by atoms with Crippen LogP contribution in [0.2, 0.25) is 0 Å². The van der Waals surface area contributed by atoms with Crippen molar-refractivity contribution in [3.8, 4) is 11.3 Å². The van der Waals surface area contributed by atoms with E-state index >= 15 is 0 Å². The first-order valence-electron chi connectivity index (χ1n) is 9.08. The average molecular weight is 453 g/mol. The summed E-state index contributed by atoms with van der Waals surface area (Å²) in [6.07, 6.45) is 1.93. The summed E-state index contributed by atoms with van der Waals surface area (Å²) in [6.45, 7) is 4.14.